The monoisotopic (exact) mass is 841 g/mol. The molecule has 12 aromatic rings. The Morgan fingerprint density at radius 2 is 0.879 bits per heavy atom. The van der Waals surface area contributed by atoms with Crippen molar-refractivity contribution in [1.29, 1.82) is 0 Å². The summed E-state index contributed by atoms with van der Waals surface area (Å²) < 4.78 is 9.45. The molecule has 0 N–H and O–H groups in total. The standard InChI is InChI=1S/C64H43NO/c1-3-19-40(20-4-1)59-45-24-7-11-28-49(45)61(50-29-12-8-25-46(50)59)53-32-17-35-57-63(53)64-54(33-18-36-58(64)66-57)62-51-30-13-9-26-47(51)60(48-27-10-14-31-52(48)62)41-37-38-44-43-23-15-16-34-55(43)65(56(44)39-41)42-21-5-2-6-22-42/h1,3-5,7-14,16-22,24-39H,2,6,15,23H2. The normalized spacial score (nSPS) is 13.8. The number of aromatic nitrogens is 1. The van der Waals surface area contributed by atoms with Crippen molar-refractivity contribution in [3.63, 3.8) is 0 Å². The maximum atomic E-state index is 6.93. The van der Waals surface area contributed by atoms with Crippen LogP contribution in [0.15, 0.2) is 211 Å². The first kappa shape index (κ1) is 37.2. The van der Waals surface area contributed by atoms with Crippen molar-refractivity contribution >= 4 is 87.7 Å². The quantitative estimate of drug-likeness (QED) is 0.158. The summed E-state index contributed by atoms with van der Waals surface area (Å²) in [5, 5.41) is 13.5. The minimum absolute atomic E-state index is 0.886. The summed E-state index contributed by atoms with van der Waals surface area (Å²) in [5.74, 6) is 0. The largest absolute Gasteiger partial charge is 0.456 e. The van der Waals surface area contributed by atoms with E-state index in [9.17, 15) is 0 Å². The number of aryl methyl sites for hydroxylation is 1. The van der Waals surface area contributed by atoms with Crippen molar-refractivity contribution < 1.29 is 4.42 Å². The van der Waals surface area contributed by atoms with Gasteiger partial charge >= 0.3 is 0 Å². The van der Waals surface area contributed by atoms with E-state index >= 15 is 0 Å². The highest BCUT2D eigenvalue weighted by atomic mass is 16.3. The Hall–Kier alpha value is -8.20. The number of hydrogen-bond acceptors (Lipinski definition) is 1. The van der Waals surface area contributed by atoms with Crippen molar-refractivity contribution in [3.8, 4) is 44.5 Å². The summed E-state index contributed by atoms with van der Waals surface area (Å²) in [6, 6.07) is 67.3. The van der Waals surface area contributed by atoms with Crippen molar-refractivity contribution in [1.82, 2.24) is 4.57 Å². The number of hydrogen-bond donors (Lipinski definition) is 0. The summed E-state index contributed by atoms with van der Waals surface area (Å²) in [4.78, 5) is 0. The maximum absolute atomic E-state index is 6.93. The molecule has 2 aromatic heterocycles. The van der Waals surface area contributed by atoms with Crippen molar-refractivity contribution in [3.05, 3.63) is 218 Å². The van der Waals surface area contributed by atoms with Gasteiger partial charge in [-0.1, -0.05) is 182 Å². The van der Waals surface area contributed by atoms with E-state index in [1.54, 1.807) is 0 Å². The van der Waals surface area contributed by atoms with Crippen LogP contribution >= 0.6 is 0 Å². The summed E-state index contributed by atoms with van der Waals surface area (Å²) >= 11 is 0. The Labute approximate surface area is 382 Å². The van der Waals surface area contributed by atoms with E-state index in [-0.39, 0.29) is 0 Å². The molecule has 2 aliphatic rings. The molecule has 66 heavy (non-hydrogen) atoms. The Morgan fingerprint density at radius 3 is 1.41 bits per heavy atom. The number of allylic oxidation sites excluding steroid dienone is 5. The van der Waals surface area contributed by atoms with Gasteiger partial charge in [0, 0.05) is 27.5 Å². The van der Waals surface area contributed by atoms with Crippen LogP contribution in [-0.2, 0) is 6.42 Å². The molecule has 0 amide bonds. The molecule has 10 aromatic carbocycles. The highest BCUT2D eigenvalue weighted by Crippen LogP contribution is 2.51. The summed E-state index contributed by atoms with van der Waals surface area (Å²) in [6.07, 6.45) is 16.0. The average molecular weight is 842 g/mol. The molecule has 2 nitrogen and oxygen atoms in total. The summed E-state index contributed by atoms with van der Waals surface area (Å²) in [7, 11) is 0. The summed E-state index contributed by atoms with van der Waals surface area (Å²) in [6.45, 7) is 0. The first-order chi connectivity index (χ1) is 32.8. The topological polar surface area (TPSA) is 18.1 Å². The van der Waals surface area contributed by atoms with Gasteiger partial charge in [0.25, 0.3) is 0 Å². The molecule has 0 bridgehead atoms. The molecule has 0 radical (unpaired) electrons. The van der Waals surface area contributed by atoms with Crippen molar-refractivity contribution in [2.75, 3.05) is 0 Å². The molecule has 0 fully saturated rings. The minimum Gasteiger partial charge on any atom is -0.456 e. The van der Waals surface area contributed by atoms with E-state index < -0.39 is 0 Å². The van der Waals surface area contributed by atoms with E-state index in [2.05, 4.69) is 217 Å². The molecule has 2 aliphatic carbocycles. The number of furan rings is 1. The molecule has 0 aliphatic heterocycles. The molecule has 14 rings (SSSR count). The van der Waals surface area contributed by atoms with Crippen molar-refractivity contribution in [2.45, 2.75) is 25.7 Å². The third-order valence-corrected chi connectivity index (χ3v) is 14.5. The zero-order chi connectivity index (χ0) is 43.3. The predicted molar refractivity (Wildman–Crippen MR) is 281 cm³/mol. The highest BCUT2D eigenvalue weighted by Gasteiger charge is 2.26. The first-order valence-electron chi connectivity index (χ1n) is 23.4. The molecule has 2 heteroatoms. The molecular weight excluding hydrogens is 799 g/mol. The molecular formula is C64H43NO. The first-order valence-corrected chi connectivity index (χ1v) is 23.4. The zero-order valence-electron chi connectivity index (χ0n) is 36.4. The van der Waals surface area contributed by atoms with Gasteiger partial charge in [-0.2, -0.15) is 0 Å². The van der Waals surface area contributed by atoms with E-state index in [0.29, 0.717) is 0 Å². The third kappa shape index (κ3) is 5.42. The Kier molecular flexibility index (Phi) is 8.27. The predicted octanol–water partition coefficient (Wildman–Crippen LogP) is 18.0. The van der Waals surface area contributed by atoms with Gasteiger partial charge in [0.1, 0.15) is 11.2 Å². The van der Waals surface area contributed by atoms with Gasteiger partial charge in [0.2, 0.25) is 0 Å². The van der Waals surface area contributed by atoms with E-state index in [4.69, 9.17) is 4.42 Å². The van der Waals surface area contributed by atoms with Gasteiger partial charge in [-0.3, -0.25) is 0 Å². The molecule has 310 valence electrons. The van der Waals surface area contributed by atoms with Crippen LogP contribution < -0.4 is 0 Å². The molecule has 0 saturated heterocycles. The smallest absolute Gasteiger partial charge is 0.136 e. The Bertz CT molecular complexity index is 3980. The minimum atomic E-state index is 0.886. The average Bonchev–Trinajstić information content (AvgIpc) is 3.94. The van der Waals surface area contributed by atoms with Crippen LogP contribution in [0, 0.1) is 0 Å². The van der Waals surface area contributed by atoms with Crippen molar-refractivity contribution in [2.24, 2.45) is 0 Å². The fourth-order valence-corrected chi connectivity index (χ4v) is 11.8. The maximum Gasteiger partial charge on any atom is 0.136 e. The Morgan fingerprint density at radius 1 is 0.379 bits per heavy atom. The van der Waals surface area contributed by atoms with Crippen LogP contribution in [-0.4, -0.2) is 4.57 Å². The SMILES string of the molecule is C1=CC(n2c3c(c4ccc(-c5c6ccccc6c(-c6cccc7oc8cccc(-c9c%10ccccc%10c(-c%10ccccc%10)c%10ccccc9%10)c8c67)c6ccccc56)cc42)CCC=C3)=CCC1. The van der Waals surface area contributed by atoms with Crippen LogP contribution in [0.4, 0.5) is 0 Å². The number of fused-ring (bicyclic) bond motifs is 10. The van der Waals surface area contributed by atoms with E-state index in [0.717, 1.165) is 47.6 Å². The van der Waals surface area contributed by atoms with Gasteiger partial charge in [-0.25, -0.2) is 0 Å². The molecule has 0 saturated carbocycles. The van der Waals surface area contributed by atoms with E-state index in [1.165, 1.54) is 115 Å². The molecule has 0 spiro atoms. The fraction of sp³-hybridized carbons (Fsp3) is 0.0625. The van der Waals surface area contributed by atoms with E-state index in [1.807, 2.05) is 0 Å². The van der Waals surface area contributed by atoms with Crippen LogP contribution in [0.25, 0.3) is 132 Å². The van der Waals surface area contributed by atoms with Gasteiger partial charge in [0.15, 0.2) is 0 Å². The number of nitrogens with zero attached hydrogens (tertiary/aromatic N) is 1. The zero-order valence-corrected chi connectivity index (χ0v) is 36.4. The lowest BCUT2D eigenvalue weighted by Gasteiger charge is -2.20. The second kappa shape index (κ2) is 14.7. The van der Waals surface area contributed by atoms with Gasteiger partial charge in [-0.05, 0) is 149 Å². The molecule has 0 unspecified atom stereocenters. The summed E-state index contributed by atoms with van der Waals surface area (Å²) in [5.41, 5.74) is 16.9. The third-order valence-electron chi connectivity index (χ3n) is 14.5. The Balaban J connectivity index is 1.06. The lowest BCUT2D eigenvalue weighted by Crippen LogP contribution is -2.02. The van der Waals surface area contributed by atoms with Crippen LogP contribution in [0.3, 0.4) is 0 Å². The lowest BCUT2D eigenvalue weighted by molar-refractivity contribution is 0.669. The molecule has 2 heterocycles. The number of benzene rings is 10. The lowest BCUT2D eigenvalue weighted by atomic mass is 9.83. The van der Waals surface area contributed by atoms with Gasteiger partial charge < -0.3 is 8.98 Å². The highest BCUT2D eigenvalue weighted by molar-refractivity contribution is 6.30. The molecule has 0 atom stereocenters. The van der Waals surface area contributed by atoms with Crippen LogP contribution in [0.2, 0.25) is 0 Å². The fourth-order valence-electron chi connectivity index (χ4n) is 11.8. The second-order valence-electron chi connectivity index (χ2n) is 18.0. The van der Waals surface area contributed by atoms with Crippen LogP contribution in [0.5, 0.6) is 0 Å². The van der Waals surface area contributed by atoms with Gasteiger partial charge in [0.05, 0.1) is 5.52 Å². The number of rotatable bonds is 5. The van der Waals surface area contributed by atoms with Gasteiger partial charge in [-0.15, -0.1) is 0 Å². The second-order valence-corrected chi connectivity index (χ2v) is 18.0. The van der Waals surface area contributed by atoms with Crippen LogP contribution in [0.1, 0.15) is 30.5 Å².